The molecule has 0 bridgehead atoms. The number of fused-ring (bicyclic) bond motifs is 1. The minimum Gasteiger partial charge on any atom is -0.378 e. The monoisotopic (exact) mass is 388 g/mol. The number of ether oxygens (including phenoxy) is 1. The summed E-state index contributed by atoms with van der Waals surface area (Å²) in [4.78, 5) is 16.8. The van der Waals surface area contributed by atoms with Crippen LogP contribution in [-0.2, 0) is 16.0 Å². The highest BCUT2D eigenvalue weighted by molar-refractivity contribution is 5.85. The highest BCUT2D eigenvalue weighted by Crippen LogP contribution is 2.20. The van der Waals surface area contributed by atoms with Gasteiger partial charge in [0, 0.05) is 25.6 Å². The fraction of sp³-hybridized carbons (Fsp3) is 0.529. The molecule has 0 aliphatic carbocycles. The second-order valence-corrected chi connectivity index (χ2v) is 6.10. The van der Waals surface area contributed by atoms with Crippen LogP contribution in [0.15, 0.2) is 24.3 Å². The van der Waals surface area contributed by atoms with Crippen molar-refractivity contribution in [3.63, 3.8) is 0 Å². The zero-order valence-electron chi connectivity index (χ0n) is 14.5. The van der Waals surface area contributed by atoms with Gasteiger partial charge in [-0.25, -0.2) is 4.98 Å². The van der Waals surface area contributed by atoms with Crippen LogP contribution in [0.1, 0.15) is 25.7 Å². The van der Waals surface area contributed by atoms with Crippen LogP contribution in [0, 0.1) is 0 Å². The van der Waals surface area contributed by atoms with Crippen LogP contribution in [0.25, 0.3) is 11.0 Å². The van der Waals surface area contributed by atoms with Crippen molar-refractivity contribution in [2.75, 3.05) is 26.3 Å². The number of halogens is 2. The van der Waals surface area contributed by atoms with Gasteiger partial charge < -0.3 is 19.9 Å². The van der Waals surface area contributed by atoms with E-state index >= 15 is 0 Å². The Balaban J connectivity index is 0.00000156. The van der Waals surface area contributed by atoms with Gasteiger partial charge >= 0.3 is 0 Å². The van der Waals surface area contributed by atoms with Crippen LogP contribution in [0.3, 0.4) is 0 Å². The SMILES string of the molecule is CC(C)n1c(CCNC(=O)C2COCCN2)nc2ccccc21.Cl.Cl. The molecule has 3 rings (SSSR count). The number of para-hydroxylation sites is 2. The first-order chi connectivity index (χ1) is 11.2. The molecule has 140 valence electrons. The van der Waals surface area contributed by atoms with Gasteiger partial charge in [-0.05, 0) is 26.0 Å². The van der Waals surface area contributed by atoms with Crippen molar-refractivity contribution in [1.82, 2.24) is 20.2 Å². The predicted molar refractivity (Wildman–Crippen MR) is 104 cm³/mol. The molecule has 0 radical (unpaired) electrons. The van der Waals surface area contributed by atoms with Crippen molar-refractivity contribution in [3.8, 4) is 0 Å². The van der Waals surface area contributed by atoms with E-state index < -0.39 is 0 Å². The Bertz CT molecular complexity index is 684. The van der Waals surface area contributed by atoms with Gasteiger partial charge in [-0.15, -0.1) is 24.8 Å². The van der Waals surface area contributed by atoms with Crippen molar-refractivity contribution >= 4 is 41.8 Å². The fourth-order valence-electron chi connectivity index (χ4n) is 3.00. The van der Waals surface area contributed by atoms with Crippen LogP contribution in [0.4, 0.5) is 0 Å². The molecule has 6 nitrogen and oxygen atoms in total. The topological polar surface area (TPSA) is 68.2 Å². The van der Waals surface area contributed by atoms with Crippen molar-refractivity contribution in [2.45, 2.75) is 32.4 Å². The molecule has 0 saturated carbocycles. The average molecular weight is 389 g/mol. The third-order valence-corrected chi connectivity index (χ3v) is 4.07. The molecular weight excluding hydrogens is 363 g/mol. The minimum absolute atomic E-state index is 0. The Morgan fingerprint density at radius 1 is 1.40 bits per heavy atom. The first kappa shape index (κ1) is 21.7. The first-order valence-corrected chi connectivity index (χ1v) is 8.21. The van der Waals surface area contributed by atoms with E-state index in [2.05, 4.69) is 35.1 Å². The van der Waals surface area contributed by atoms with E-state index in [0.717, 1.165) is 23.4 Å². The van der Waals surface area contributed by atoms with Gasteiger partial charge in [0.2, 0.25) is 5.91 Å². The molecule has 8 heteroatoms. The molecule has 0 spiro atoms. The maximum atomic E-state index is 12.1. The number of aromatic nitrogens is 2. The molecule has 25 heavy (non-hydrogen) atoms. The zero-order valence-corrected chi connectivity index (χ0v) is 16.2. The number of nitrogens with one attached hydrogen (secondary N) is 2. The maximum Gasteiger partial charge on any atom is 0.239 e. The van der Waals surface area contributed by atoms with Crippen LogP contribution in [-0.4, -0.2) is 47.8 Å². The van der Waals surface area contributed by atoms with Gasteiger partial charge in [0.05, 0.1) is 24.2 Å². The Kier molecular flexibility index (Phi) is 8.65. The summed E-state index contributed by atoms with van der Waals surface area (Å²) in [6.07, 6.45) is 0.714. The summed E-state index contributed by atoms with van der Waals surface area (Å²) in [6, 6.07) is 8.24. The number of imidazole rings is 1. The highest BCUT2D eigenvalue weighted by atomic mass is 35.5. The second-order valence-electron chi connectivity index (χ2n) is 6.10. The summed E-state index contributed by atoms with van der Waals surface area (Å²) in [5.41, 5.74) is 2.15. The number of rotatable bonds is 5. The summed E-state index contributed by atoms with van der Waals surface area (Å²) in [7, 11) is 0. The molecule has 1 aliphatic rings. The number of amides is 1. The van der Waals surface area contributed by atoms with Crippen molar-refractivity contribution in [3.05, 3.63) is 30.1 Å². The van der Waals surface area contributed by atoms with Crippen LogP contribution >= 0.6 is 24.8 Å². The number of benzene rings is 1. The number of carbonyl (C=O) groups excluding carboxylic acids is 1. The number of hydrogen-bond acceptors (Lipinski definition) is 4. The minimum atomic E-state index is -0.243. The van der Waals surface area contributed by atoms with E-state index in [1.165, 1.54) is 0 Å². The van der Waals surface area contributed by atoms with E-state index in [4.69, 9.17) is 9.72 Å². The zero-order chi connectivity index (χ0) is 16.2. The molecule has 1 aromatic heterocycles. The van der Waals surface area contributed by atoms with Gasteiger partial charge in [0.25, 0.3) is 0 Å². The maximum absolute atomic E-state index is 12.1. The third kappa shape index (κ3) is 5.07. The molecule has 1 aliphatic heterocycles. The predicted octanol–water partition coefficient (Wildman–Crippen LogP) is 2.11. The quantitative estimate of drug-likeness (QED) is 0.822. The molecule has 1 atom stereocenters. The van der Waals surface area contributed by atoms with Gasteiger partial charge in [0.15, 0.2) is 0 Å². The molecule has 2 heterocycles. The highest BCUT2D eigenvalue weighted by Gasteiger charge is 2.21. The van der Waals surface area contributed by atoms with E-state index in [-0.39, 0.29) is 36.8 Å². The van der Waals surface area contributed by atoms with Crippen molar-refractivity contribution in [1.29, 1.82) is 0 Å². The average Bonchev–Trinajstić information content (AvgIpc) is 2.94. The summed E-state index contributed by atoms with van der Waals surface area (Å²) in [5, 5.41) is 6.14. The molecule has 2 aromatic rings. The van der Waals surface area contributed by atoms with E-state index in [9.17, 15) is 4.79 Å². The standard InChI is InChI=1S/C17H24N4O2.2ClH/c1-12(2)21-15-6-4-3-5-13(15)20-16(21)7-8-19-17(22)14-11-23-10-9-18-14;;/h3-6,12,14,18H,7-11H2,1-2H3,(H,19,22);2*1H. The van der Waals surface area contributed by atoms with Crippen molar-refractivity contribution in [2.24, 2.45) is 0 Å². The molecule has 1 fully saturated rings. The van der Waals surface area contributed by atoms with E-state index in [0.29, 0.717) is 32.2 Å². The van der Waals surface area contributed by atoms with E-state index in [1.807, 2.05) is 18.2 Å². The normalized spacial score (nSPS) is 17.0. The summed E-state index contributed by atoms with van der Waals surface area (Å²) < 4.78 is 7.56. The lowest BCUT2D eigenvalue weighted by Gasteiger charge is -2.22. The number of carbonyl (C=O) groups is 1. The lowest BCUT2D eigenvalue weighted by molar-refractivity contribution is -0.125. The lowest BCUT2D eigenvalue weighted by Crippen LogP contribution is -2.51. The van der Waals surface area contributed by atoms with Gasteiger partial charge in [0.1, 0.15) is 11.9 Å². The molecular formula is C17H26Cl2N4O2. The lowest BCUT2D eigenvalue weighted by atomic mass is 10.2. The second kappa shape index (κ2) is 9.97. The van der Waals surface area contributed by atoms with Crippen molar-refractivity contribution < 1.29 is 9.53 Å². The smallest absolute Gasteiger partial charge is 0.239 e. The van der Waals surface area contributed by atoms with E-state index in [1.54, 1.807) is 0 Å². The number of nitrogens with zero attached hydrogens (tertiary/aromatic N) is 2. The first-order valence-electron chi connectivity index (χ1n) is 8.21. The Hall–Kier alpha value is -1.34. The Morgan fingerprint density at radius 2 is 2.16 bits per heavy atom. The fourth-order valence-corrected chi connectivity index (χ4v) is 3.00. The number of hydrogen-bond donors (Lipinski definition) is 2. The third-order valence-electron chi connectivity index (χ3n) is 4.07. The molecule has 2 N–H and O–H groups in total. The Morgan fingerprint density at radius 3 is 2.84 bits per heavy atom. The number of morpholine rings is 1. The summed E-state index contributed by atoms with van der Waals surface area (Å²) in [6.45, 7) is 6.71. The Labute approximate surface area is 160 Å². The molecule has 1 aromatic carbocycles. The molecule has 1 saturated heterocycles. The van der Waals surface area contributed by atoms with Gasteiger partial charge in [-0.1, -0.05) is 12.1 Å². The van der Waals surface area contributed by atoms with Crippen LogP contribution in [0.2, 0.25) is 0 Å². The molecule has 1 amide bonds. The summed E-state index contributed by atoms with van der Waals surface area (Å²) >= 11 is 0. The van der Waals surface area contributed by atoms with Crippen LogP contribution < -0.4 is 10.6 Å². The van der Waals surface area contributed by atoms with Gasteiger partial charge in [-0.3, -0.25) is 4.79 Å². The largest absolute Gasteiger partial charge is 0.378 e. The van der Waals surface area contributed by atoms with Crippen LogP contribution in [0.5, 0.6) is 0 Å². The molecule has 1 unspecified atom stereocenters. The van der Waals surface area contributed by atoms with Gasteiger partial charge in [-0.2, -0.15) is 0 Å². The summed E-state index contributed by atoms with van der Waals surface area (Å²) in [5.74, 6) is 1.01.